The summed E-state index contributed by atoms with van der Waals surface area (Å²) in [5.41, 5.74) is 4.28. The molecule has 162 valence electrons. The second kappa shape index (κ2) is 8.99. The maximum atomic E-state index is 12.5. The van der Waals surface area contributed by atoms with Gasteiger partial charge in [0.1, 0.15) is 19.6 Å². The van der Waals surface area contributed by atoms with E-state index in [0.29, 0.717) is 5.75 Å². The van der Waals surface area contributed by atoms with Crippen LogP contribution < -0.4 is 4.74 Å². The van der Waals surface area contributed by atoms with Gasteiger partial charge in [0.15, 0.2) is 5.92 Å². The van der Waals surface area contributed by atoms with E-state index in [9.17, 15) is 9.59 Å². The molecule has 6 heteroatoms. The van der Waals surface area contributed by atoms with Gasteiger partial charge in [-0.15, -0.1) is 11.5 Å². The van der Waals surface area contributed by atoms with Crippen molar-refractivity contribution in [2.24, 2.45) is 5.92 Å². The molecule has 0 N–H and O–H groups in total. The van der Waals surface area contributed by atoms with Gasteiger partial charge in [-0.1, -0.05) is 50.0 Å². The van der Waals surface area contributed by atoms with E-state index in [1.807, 2.05) is 54.6 Å². The highest BCUT2D eigenvalue weighted by molar-refractivity contribution is 6.83. The van der Waals surface area contributed by atoms with E-state index in [2.05, 4.69) is 31.1 Å². The number of cyclic esters (lactones) is 2. The van der Waals surface area contributed by atoms with Crippen molar-refractivity contribution >= 4 is 20.0 Å². The number of para-hydroxylation sites is 1. The molecule has 0 bridgehead atoms. The van der Waals surface area contributed by atoms with Crippen molar-refractivity contribution in [2.45, 2.75) is 51.6 Å². The summed E-state index contributed by atoms with van der Waals surface area (Å²) in [6, 6.07) is 17.1. The van der Waals surface area contributed by atoms with E-state index in [1.54, 1.807) is 13.8 Å². The van der Waals surface area contributed by atoms with Crippen molar-refractivity contribution < 1.29 is 23.8 Å². The van der Waals surface area contributed by atoms with Gasteiger partial charge in [0.2, 0.25) is 0 Å². The number of hydrogen-bond donors (Lipinski definition) is 0. The lowest BCUT2D eigenvalue weighted by Gasteiger charge is -2.33. The van der Waals surface area contributed by atoms with Crippen LogP contribution in [-0.2, 0) is 19.1 Å². The van der Waals surface area contributed by atoms with Gasteiger partial charge < -0.3 is 14.2 Å². The van der Waals surface area contributed by atoms with Crippen LogP contribution in [0.15, 0.2) is 54.6 Å². The number of benzene rings is 2. The summed E-state index contributed by atoms with van der Waals surface area (Å²) in [7, 11) is -1.66. The molecule has 0 spiro atoms. The monoisotopic (exact) mass is 436 g/mol. The molecule has 1 atom stereocenters. The van der Waals surface area contributed by atoms with Gasteiger partial charge >= 0.3 is 11.9 Å². The predicted octanol–water partition coefficient (Wildman–Crippen LogP) is 5.29. The third-order valence-corrected chi connectivity index (χ3v) is 5.51. The van der Waals surface area contributed by atoms with Crippen molar-refractivity contribution in [3.05, 3.63) is 60.2 Å². The fraction of sp³-hybridized carbons (Fsp3) is 0.360. The van der Waals surface area contributed by atoms with Crippen molar-refractivity contribution in [2.75, 3.05) is 0 Å². The molecule has 0 amide bonds. The minimum Gasteiger partial charge on any atom is -0.457 e. The molecule has 5 nitrogen and oxygen atoms in total. The minimum atomic E-state index is -1.66. The molecule has 1 fully saturated rings. The highest BCUT2D eigenvalue weighted by Gasteiger charge is 2.44. The average molecular weight is 437 g/mol. The van der Waals surface area contributed by atoms with E-state index in [0.717, 1.165) is 11.3 Å². The third-order valence-electron chi connectivity index (χ3n) is 4.62. The summed E-state index contributed by atoms with van der Waals surface area (Å²) < 4.78 is 16.4. The Morgan fingerprint density at radius 2 is 1.48 bits per heavy atom. The zero-order valence-corrected chi connectivity index (χ0v) is 19.6. The van der Waals surface area contributed by atoms with E-state index in [1.165, 1.54) is 0 Å². The molecule has 0 saturated carbocycles. The average Bonchev–Trinajstić information content (AvgIpc) is 2.67. The van der Waals surface area contributed by atoms with E-state index in [-0.39, 0.29) is 12.3 Å². The van der Waals surface area contributed by atoms with Crippen LogP contribution in [0.25, 0.3) is 0 Å². The zero-order valence-electron chi connectivity index (χ0n) is 18.6. The first-order valence-corrected chi connectivity index (χ1v) is 13.8. The first-order chi connectivity index (χ1) is 14.5. The first kappa shape index (κ1) is 22.6. The molecule has 2 aromatic rings. The van der Waals surface area contributed by atoms with Crippen LogP contribution in [0.4, 0.5) is 0 Å². The van der Waals surface area contributed by atoms with Crippen molar-refractivity contribution in [3.63, 3.8) is 0 Å². The standard InChI is InChI=1S/C25H28O5Si/c1-25(2)29-23(26)22(24(27)30-25)17-19(15-16-31(3,4)5)18-11-13-21(14-12-18)28-20-9-7-6-8-10-20/h6-14,19,22H,17H2,1-5H3. The molecule has 1 aliphatic rings. The Morgan fingerprint density at radius 1 is 0.935 bits per heavy atom. The highest BCUT2D eigenvalue weighted by Crippen LogP contribution is 2.32. The Hall–Kier alpha value is -3.04. The van der Waals surface area contributed by atoms with Crippen LogP contribution >= 0.6 is 0 Å². The normalized spacial score (nSPS) is 17.1. The van der Waals surface area contributed by atoms with Gasteiger partial charge in [-0.05, 0) is 36.2 Å². The fourth-order valence-electron chi connectivity index (χ4n) is 3.15. The first-order valence-electron chi connectivity index (χ1n) is 10.3. The summed E-state index contributed by atoms with van der Waals surface area (Å²) in [6.45, 7) is 9.55. The number of hydrogen-bond acceptors (Lipinski definition) is 5. The molecule has 0 aromatic heterocycles. The lowest BCUT2D eigenvalue weighted by molar-refractivity contribution is -0.240. The van der Waals surface area contributed by atoms with E-state index >= 15 is 0 Å². The Morgan fingerprint density at radius 3 is 2.03 bits per heavy atom. The summed E-state index contributed by atoms with van der Waals surface area (Å²) in [5.74, 6) is 1.10. The molecular formula is C25H28O5Si. The lowest BCUT2D eigenvalue weighted by Crippen LogP contribution is -2.46. The largest absolute Gasteiger partial charge is 0.457 e. The van der Waals surface area contributed by atoms with Crippen LogP contribution in [0, 0.1) is 17.4 Å². The Labute approximate surface area is 184 Å². The topological polar surface area (TPSA) is 61.8 Å². The summed E-state index contributed by atoms with van der Waals surface area (Å²) in [6.07, 6.45) is 0.212. The molecule has 1 saturated heterocycles. The summed E-state index contributed by atoms with van der Waals surface area (Å²) >= 11 is 0. The van der Waals surface area contributed by atoms with Gasteiger partial charge in [0.25, 0.3) is 5.79 Å². The second-order valence-corrected chi connectivity index (χ2v) is 13.8. The van der Waals surface area contributed by atoms with Gasteiger partial charge in [0.05, 0.1) is 0 Å². The van der Waals surface area contributed by atoms with Crippen molar-refractivity contribution in [1.29, 1.82) is 0 Å². The smallest absolute Gasteiger partial charge is 0.323 e. The van der Waals surface area contributed by atoms with Crippen LogP contribution in [0.2, 0.25) is 19.6 Å². The van der Waals surface area contributed by atoms with Crippen LogP contribution in [0.3, 0.4) is 0 Å². The van der Waals surface area contributed by atoms with E-state index in [4.69, 9.17) is 14.2 Å². The number of ether oxygens (including phenoxy) is 3. The maximum absolute atomic E-state index is 12.5. The van der Waals surface area contributed by atoms with Crippen molar-refractivity contribution in [1.82, 2.24) is 0 Å². The van der Waals surface area contributed by atoms with Crippen LogP contribution in [-0.4, -0.2) is 25.8 Å². The van der Waals surface area contributed by atoms with Gasteiger partial charge in [-0.25, -0.2) is 0 Å². The minimum absolute atomic E-state index is 0.212. The Bertz CT molecular complexity index is 974. The molecule has 2 aromatic carbocycles. The summed E-state index contributed by atoms with van der Waals surface area (Å²) in [5, 5.41) is 0. The Kier molecular flexibility index (Phi) is 6.56. The molecule has 31 heavy (non-hydrogen) atoms. The van der Waals surface area contributed by atoms with Crippen molar-refractivity contribution in [3.8, 4) is 23.0 Å². The van der Waals surface area contributed by atoms with Gasteiger partial charge in [0, 0.05) is 19.8 Å². The lowest BCUT2D eigenvalue weighted by atomic mass is 9.88. The Balaban J connectivity index is 1.83. The SMILES string of the molecule is CC1(C)OC(=O)C(CC(C#C[Si](C)(C)C)c2ccc(Oc3ccccc3)cc2)C(=O)O1. The zero-order chi connectivity index (χ0) is 22.6. The maximum Gasteiger partial charge on any atom is 0.323 e. The molecule has 1 unspecified atom stereocenters. The highest BCUT2D eigenvalue weighted by atomic mass is 28.3. The number of rotatable bonds is 5. The molecule has 1 aliphatic heterocycles. The number of carbonyl (C=O) groups is 2. The molecule has 1 heterocycles. The third kappa shape index (κ3) is 6.47. The number of carbonyl (C=O) groups excluding carboxylic acids is 2. The molecule has 0 radical (unpaired) electrons. The fourth-order valence-corrected chi connectivity index (χ4v) is 3.75. The predicted molar refractivity (Wildman–Crippen MR) is 121 cm³/mol. The molecule has 0 aliphatic carbocycles. The van der Waals surface area contributed by atoms with Gasteiger partial charge in [-0.3, -0.25) is 9.59 Å². The van der Waals surface area contributed by atoms with Gasteiger partial charge in [-0.2, -0.15) is 0 Å². The molecular weight excluding hydrogens is 408 g/mol. The number of esters is 2. The molecule has 3 rings (SSSR count). The quantitative estimate of drug-likeness (QED) is 0.276. The van der Waals surface area contributed by atoms with E-state index < -0.39 is 31.7 Å². The second-order valence-electron chi connectivity index (χ2n) is 9.09. The van der Waals surface area contributed by atoms with Crippen LogP contribution in [0.5, 0.6) is 11.5 Å². The summed E-state index contributed by atoms with van der Waals surface area (Å²) in [4.78, 5) is 24.9. The van der Waals surface area contributed by atoms with Crippen LogP contribution in [0.1, 0.15) is 31.7 Å².